The van der Waals surface area contributed by atoms with E-state index in [1.165, 1.54) is 0 Å². The van der Waals surface area contributed by atoms with Crippen molar-refractivity contribution in [1.29, 1.82) is 0 Å². The number of nitrogens with zero attached hydrogens (tertiary/aromatic N) is 6. The van der Waals surface area contributed by atoms with Crippen molar-refractivity contribution in [2.45, 2.75) is 6.54 Å². The van der Waals surface area contributed by atoms with Gasteiger partial charge in [-0.2, -0.15) is 5.10 Å². The van der Waals surface area contributed by atoms with Gasteiger partial charge in [-0.15, -0.1) is 5.10 Å². The Kier molecular flexibility index (Phi) is 2.53. The van der Waals surface area contributed by atoms with Crippen molar-refractivity contribution in [3.05, 3.63) is 42.5 Å². The summed E-state index contributed by atoms with van der Waals surface area (Å²) in [7, 11) is 0. The van der Waals surface area contributed by atoms with E-state index in [1.807, 2.05) is 12.1 Å². The number of fused-ring (bicyclic) bond motifs is 1. The minimum absolute atomic E-state index is 0.0921. The third-order valence-corrected chi connectivity index (χ3v) is 3.32. The molecule has 1 aliphatic heterocycles. The first kappa shape index (κ1) is 11.8. The van der Waals surface area contributed by atoms with Gasteiger partial charge in [-0.25, -0.2) is 9.67 Å². The maximum Gasteiger partial charge on any atom is 0.269 e. The molecule has 21 heavy (non-hydrogen) atoms. The minimum Gasteiger partial charge on any atom is -0.349 e. The number of hydrogen-bond acceptors (Lipinski definition) is 5. The van der Waals surface area contributed by atoms with E-state index in [4.69, 9.17) is 0 Å². The third-order valence-electron chi connectivity index (χ3n) is 3.32. The number of carbonyl (C=O) groups is 1. The zero-order chi connectivity index (χ0) is 14.2. The highest BCUT2D eigenvalue weighted by molar-refractivity contribution is 5.94. The molecule has 0 atom stereocenters. The predicted octanol–water partition coefficient (Wildman–Crippen LogP) is 0.269. The van der Waals surface area contributed by atoms with Gasteiger partial charge in [-0.05, 0) is 18.2 Å². The molecule has 0 fully saturated rings. The molecule has 1 N–H and O–H groups in total. The van der Waals surface area contributed by atoms with Crippen LogP contribution in [0, 0.1) is 0 Å². The van der Waals surface area contributed by atoms with Crippen LogP contribution in [0.3, 0.4) is 0 Å². The Bertz CT molecular complexity index is 806. The SMILES string of the molecule is O=C1NCCn2nc(-c3ccnc(-n4ccnn4)c3)cc21. The van der Waals surface area contributed by atoms with Crippen LogP contribution >= 0.6 is 0 Å². The number of pyridine rings is 1. The molecule has 0 saturated carbocycles. The lowest BCUT2D eigenvalue weighted by molar-refractivity contribution is 0.0924. The van der Waals surface area contributed by atoms with Crippen molar-refractivity contribution < 1.29 is 4.79 Å². The van der Waals surface area contributed by atoms with Crippen LogP contribution in [0.2, 0.25) is 0 Å². The smallest absolute Gasteiger partial charge is 0.269 e. The number of amides is 1. The van der Waals surface area contributed by atoms with Crippen molar-refractivity contribution in [3.8, 4) is 17.1 Å². The zero-order valence-electron chi connectivity index (χ0n) is 11.0. The molecule has 4 rings (SSSR count). The third kappa shape index (κ3) is 1.97. The fourth-order valence-corrected chi connectivity index (χ4v) is 2.31. The number of hydrogen-bond donors (Lipinski definition) is 1. The standard InChI is InChI=1S/C13H11N7O/c21-13-11-8-10(17-19(11)5-3-15-13)9-1-2-14-12(7-9)20-6-4-16-18-20/h1-2,4,6-8H,3,5H2,(H,15,21). The lowest BCUT2D eigenvalue weighted by atomic mass is 10.2. The molecule has 3 aromatic heterocycles. The van der Waals surface area contributed by atoms with E-state index < -0.39 is 0 Å². The largest absolute Gasteiger partial charge is 0.349 e. The normalized spacial score (nSPS) is 13.8. The summed E-state index contributed by atoms with van der Waals surface area (Å²) in [4.78, 5) is 16.0. The first-order chi connectivity index (χ1) is 10.3. The second kappa shape index (κ2) is 4.51. The van der Waals surface area contributed by atoms with Gasteiger partial charge in [-0.3, -0.25) is 9.48 Å². The molecule has 8 nitrogen and oxygen atoms in total. The summed E-state index contributed by atoms with van der Waals surface area (Å²) in [6.07, 6.45) is 5.00. The highest BCUT2D eigenvalue weighted by Crippen LogP contribution is 2.21. The Hall–Kier alpha value is -3.03. The van der Waals surface area contributed by atoms with E-state index in [9.17, 15) is 4.79 Å². The molecule has 0 saturated heterocycles. The summed E-state index contributed by atoms with van der Waals surface area (Å²) < 4.78 is 3.30. The highest BCUT2D eigenvalue weighted by Gasteiger charge is 2.19. The fraction of sp³-hybridized carbons (Fsp3) is 0.154. The topological polar surface area (TPSA) is 90.5 Å². The minimum atomic E-state index is -0.0921. The summed E-state index contributed by atoms with van der Waals surface area (Å²) in [6, 6.07) is 5.50. The van der Waals surface area contributed by atoms with E-state index in [0.29, 0.717) is 24.6 Å². The Labute approximate surface area is 119 Å². The van der Waals surface area contributed by atoms with Crippen molar-refractivity contribution in [2.75, 3.05) is 6.54 Å². The van der Waals surface area contributed by atoms with E-state index in [1.54, 1.807) is 34.0 Å². The first-order valence-electron chi connectivity index (χ1n) is 6.50. The van der Waals surface area contributed by atoms with Crippen LogP contribution in [0.5, 0.6) is 0 Å². The molecule has 0 spiro atoms. The van der Waals surface area contributed by atoms with Gasteiger partial charge < -0.3 is 5.32 Å². The number of rotatable bonds is 2. The van der Waals surface area contributed by atoms with Crippen LogP contribution in [0.1, 0.15) is 10.5 Å². The Morgan fingerprint density at radius 3 is 3.00 bits per heavy atom. The van der Waals surface area contributed by atoms with Crippen LogP contribution < -0.4 is 5.32 Å². The molecular weight excluding hydrogens is 270 g/mol. The van der Waals surface area contributed by atoms with Crippen LogP contribution in [0.15, 0.2) is 36.8 Å². The van der Waals surface area contributed by atoms with E-state index >= 15 is 0 Å². The molecule has 8 heteroatoms. The summed E-state index contributed by atoms with van der Waals surface area (Å²) in [5.41, 5.74) is 2.20. The lowest BCUT2D eigenvalue weighted by Crippen LogP contribution is -2.35. The molecule has 4 heterocycles. The fourth-order valence-electron chi connectivity index (χ4n) is 2.31. The molecule has 1 aliphatic rings. The molecular formula is C13H11N7O. The summed E-state index contributed by atoms with van der Waals surface area (Å²) in [5, 5.41) is 15.0. The molecule has 0 unspecified atom stereocenters. The van der Waals surface area contributed by atoms with E-state index in [-0.39, 0.29) is 5.91 Å². The maximum atomic E-state index is 11.8. The first-order valence-corrected chi connectivity index (χ1v) is 6.50. The van der Waals surface area contributed by atoms with Gasteiger partial charge in [-0.1, -0.05) is 5.21 Å². The van der Waals surface area contributed by atoms with Gasteiger partial charge in [0.25, 0.3) is 5.91 Å². The Balaban J connectivity index is 1.77. The quantitative estimate of drug-likeness (QED) is 0.728. The van der Waals surface area contributed by atoms with Gasteiger partial charge in [0.15, 0.2) is 5.82 Å². The van der Waals surface area contributed by atoms with Gasteiger partial charge >= 0.3 is 0 Å². The highest BCUT2D eigenvalue weighted by atomic mass is 16.2. The van der Waals surface area contributed by atoms with Crippen LogP contribution in [-0.2, 0) is 6.54 Å². The van der Waals surface area contributed by atoms with Crippen LogP contribution in [0.4, 0.5) is 0 Å². The molecule has 0 aliphatic carbocycles. The molecule has 0 radical (unpaired) electrons. The van der Waals surface area contributed by atoms with E-state index in [2.05, 4.69) is 25.7 Å². The van der Waals surface area contributed by atoms with Crippen molar-refractivity contribution in [1.82, 2.24) is 35.1 Å². The Morgan fingerprint density at radius 1 is 1.24 bits per heavy atom. The van der Waals surface area contributed by atoms with Gasteiger partial charge in [0.2, 0.25) is 0 Å². The van der Waals surface area contributed by atoms with E-state index in [0.717, 1.165) is 11.3 Å². The number of nitrogens with one attached hydrogen (secondary N) is 1. The van der Waals surface area contributed by atoms with Crippen LogP contribution in [0.25, 0.3) is 17.1 Å². The van der Waals surface area contributed by atoms with Crippen LogP contribution in [-0.4, -0.2) is 42.2 Å². The molecule has 1 amide bonds. The molecule has 3 aromatic rings. The van der Waals surface area contributed by atoms with Gasteiger partial charge in [0.05, 0.1) is 24.6 Å². The summed E-state index contributed by atoms with van der Waals surface area (Å²) >= 11 is 0. The maximum absolute atomic E-state index is 11.8. The van der Waals surface area contributed by atoms with Crippen molar-refractivity contribution in [3.63, 3.8) is 0 Å². The zero-order valence-corrected chi connectivity index (χ0v) is 11.0. The number of aromatic nitrogens is 6. The lowest BCUT2D eigenvalue weighted by Gasteiger charge is -2.13. The molecule has 0 aromatic carbocycles. The molecule has 104 valence electrons. The summed E-state index contributed by atoms with van der Waals surface area (Å²) in [5.74, 6) is 0.561. The average Bonchev–Trinajstić information content (AvgIpc) is 3.18. The Morgan fingerprint density at radius 2 is 2.19 bits per heavy atom. The van der Waals surface area contributed by atoms with Crippen molar-refractivity contribution in [2.24, 2.45) is 0 Å². The number of carbonyl (C=O) groups excluding carboxylic acids is 1. The second-order valence-corrected chi connectivity index (χ2v) is 4.64. The average molecular weight is 281 g/mol. The molecule has 0 bridgehead atoms. The monoisotopic (exact) mass is 281 g/mol. The summed E-state index contributed by atoms with van der Waals surface area (Å²) in [6.45, 7) is 1.29. The second-order valence-electron chi connectivity index (χ2n) is 4.64. The van der Waals surface area contributed by atoms with Gasteiger partial charge in [0, 0.05) is 18.3 Å². The predicted molar refractivity (Wildman–Crippen MR) is 72.7 cm³/mol. The van der Waals surface area contributed by atoms with Crippen molar-refractivity contribution >= 4 is 5.91 Å². The van der Waals surface area contributed by atoms with Gasteiger partial charge in [0.1, 0.15) is 5.69 Å².